The van der Waals surface area contributed by atoms with Gasteiger partial charge in [0.05, 0.1) is 5.52 Å². The molecule has 0 aliphatic carbocycles. The van der Waals surface area contributed by atoms with Gasteiger partial charge < -0.3 is 10.8 Å². The van der Waals surface area contributed by atoms with Crippen LogP contribution in [0.2, 0.25) is 0 Å². The van der Waals surface area contributed by atoms with E-state index in [2.05, 4.69) is 20.8 Å². The highest BCUT2D eigenvalue weighted by Crippen LogP contribution is 2.29. The number of phenols is 1. The Labute approximate surface area is 127 Å². The largest absolute Gasteiger partial charge is 0.508 e. The van der Waals surface area contributed by atoms with Crippen molar-refractivity contribution < 1.29 is 5.11 Å². The first-order valence-corrected chi connectivity index (χ1v) is 7.90. The molecule has 0 unspecified atom stereocenters. The van der Waals surface area contributed by atoms with Crippen LogP contribution < -0.4 is 5.73 Å². The molecule has 114 valence electrons. The van der Waals surface area contributed by atoms with Crippen LogP contribution in [0.25, 0.3) is 10.9 Å². The summed E-state index contributed by atoms with van der Waals surface area (Å²) in [4.78, 5) is 4.80. The first kappa shape index (κ1) is 15.8. The van der Waals surface area contributed by atoms with Gasteiger partial charge in [-0.15, -0.1) is 0 Å². The van der Waals surface area contributed by atoms with E-state index in [-0.39, 0.29) is 0 Å². The van der Waals surface area contributed by atoms with Crippen molar-refractivity contribution >= 4 is 10.9 Å². The van der Waals surface area contributed by atoms with Crippen molar-refractivity contribution in [2.75, 3.05) is 0 Å². The maximum Gasteiger partial charge on any atom is 0.116 e. The predicted octanol–water partition coefficient (Wildman–Crippen LogP) is 3.94. The molecule has 21 heavy (non-hydrogen) atoms. The van der Waals surface area contributed by atoms with Crippen LogP contribution in [0.5, 0.6) is 5.75 Å². The molecule has 1 heterocycles. The molecule has 2 aromatic rings. The van der Waals surface area contributed by atoms with E-state index in [0.29, 0.717) is 18.2 Å². The van der Waals surface area contributed by atoms with Gasteiger partial charge in [-0.2, -0.15) is 0 Å². The van der Waals surface area contributed by atoms with E-state index in [1.807, 2.05) is 12.1 Å². The normalized spacial score (nSPS) is 11.5. The standard InChI is InChI=1S/C18H26N2O/c1-4-5-6-14-15-10-13(21)7-8-17(15)20-18(9-12(2)3)16(14)11-19/h7-8,10,12,21H,4-6,9,11,19H2,1-3H3. The smallest absolute Gasteiger partial charge is 0.116 e. The van der Waals surface area contributed by atoms with Crippen molar-refractivity contribution in [3.05, 3.63) is 35.0 Å². The Morgan fingerprint density at radius 2 is 2.00 bits per heavy atom. The number of aromatic nitrogens is 1. The van der Waals surface area contributed by atoms with E-state index in [1.54, 1.807) is 6.07 Å². The number of nitrogens with zero attached hydrogens (tertiary/aromatic N) is 1. The highest BCUT2D eigenvalue weighted by atomic mass is 16.3. The van der Waals surface area contributed by atoms with Gasteiger partial charge in [0.1, 0.15) is 5.75 Å². The molecular formula is C18H26N2O. The topological polar surface area (TPSA) is 59.1 Å². The zero-order valence-corrected chi connectivity index (χ0v) is 13.3. The summed E-state index contributed by atoms with van der Waals surface area (Å²) in [6.07, 6.45) is 4.22. The molecule has 1 aromatic carbocycles. The van der Waals surface area contributed by atoms with Crippen LogP contribution in [0.15, 0.2) is 18.2 Å². The highest BCUT2D eigenvalue weighted by molar-refractivity contribution is 5.85. The monoisotopic (exact) mass is 286 g/mol. The molecule has 0 fully saturated rings. The van der Waals surface area contributed by atoms with Crippen LogP contribution in [-0.4, -0.2) is 10.1 Å². The van der Waals surface area contributed by atoms with Gasteiger partial charge in [0, 0.05) is 17.6 Å². The number of benzene rings is 1. The summed E-state index contributed by atoms with van der Waals surface area (Å²) in [7, 11) is 0. The van der Waals surface area contributed by atoms with Gasteiger partial charge in [-0.25, -0.2) is 0 Å². The summed E-state index contributed by atoms with van der Waals surface area (Å²) in [5.41, 5.74) is 10.6. The molecule has 2 rings (SSSR count). The third kappa shape index (κ3) is 3.53. The summed E-state index contributed by atoms with van der Waals surface area (Å²) in [5, 5.41) is 10.9. The lowest BCUT2D eigenvalue weighted by atomic mass is 9.93. The number of aromatic hydroxyl groups is 1. The first-order chi connectivity index (χ1) is 10.1. The van der Waals surface area contributed by atoms with E-state index in [1.165, 1.54) is 11.1 Å². The summed E-state index contributed by atoms with van der Waals surface area (Å²) < 4.78 is 0. The summed E-state index contributed by atoms with van der Waals surface area (Å²) in [6, 6.07) is 5.44. The molecule has 3 heteroatoms. The fraction of sp³-hybridized carbons (Fsp3) is 0.500. The highest BCUT2D eigenvalue weighted by Gasteiger charge is 2.15. The molecule has 0 atom stereocenters. The van der Waals surface area contributed by atoms with Crippen LogP contribution in [0.4, 0.5) is 0 Å². The molecule has 0 spiro atoms. The fourth-order valence-corrected chi connectivity index (χ4v) is 2.85. The molecule has 0 aliphatic rings. The maximum absolute atomic E-state index is 9.80. The Kier molecular flexibility index (Phi) is 5.18. The minimum Gasteiger partial charge on any atom is -0.508 e. The molecule has 3 nitrogen and oxygen atoms in total. The summed E-state index contributed by atoms with van der Waals surface area (Å²) in [5.74, 6) is 0.845. The molecule has 0 saturated heterocycles. The van der Waals surface area contributed by atoms with Crippen LogP contribution in [-0.2, 0) is 19.4 Å². The Bertz CT molecular complexity index is 620. The van der Waals surface area contributed by atoms with Gasteiger partial charge in [0.25, 0.3) is 0 Å². The second kappa shape index (κ2) is 6.90. The van der Waals surface area contributed by atoms with Crippen molar-refractivity contribution in [1.82, 2.24) is 4.98 Å². The lowest BCUT2D eigenvalue weighted by molar-refractivity contribution is 0.476. The number of fused-ring (bicyclic) bond motifs is 1. The van der Waals surface area contributed by atoms with Gasteiger partial charge in [-0.1, -0.05) is 27.2 Å². The van der Waals surface area contributed by atoms with Crippen molar-refractivity contribution in [3.63, 3.8) is 0 Å². The van der Waals surface area contributed by atoms with Crippen LogP contribution >= 0.6 is 0 Å². The molecule has 0 saturated carbocycles. The van der Waals surface area contributed by atoms with E-state index in [9.17, 15) is 5.11 Å². The third-order valence-corrected chi connectivity index (χ3v) is 3.86. The number of hydrogen-bond donors (Lipinski definition) is 2. The average Bonchev–Trinajstić information content (AvgIpc) is 2.44. The Morgan fingerprint density at radius 3 is 2.62 bits per heavy atom. The molecular weight excluding hydrogens is 260 g/mol. The van der Waals surface area contributed by atoms with Gasteiger partial charge in [0.2, 0.25) is 0 Å². The van der Waals surface area contributed by atoms with Crippen molar-refractivity contribution in [2.24, 2.45) is 11.7 Å². The Morgan fingerprint density at radius 1 is 1.24 bits per heavy atom. The molecule has 0 aliphatic heterocycles. The van der Waals surface area contributed by atoms with E-state index in [4.69, 9.17) is 10.7 Å². The molecule has 1 aromatic heterocycles. The average molecular weight is 286 g/mol. The summed E-state index contributed by atoms with van der Waals surface area (Å²) in [6.45, 7) is 7.11. The van der Waals surface area contributed by atoms with E-state index >= 15 is 0 Å². The number of aryl methyl sites for hydroxylation is 1. The first-order valence-electron chi connectivity index (χ1n) is 7.90. The van der Waals surface area contributed by atoms with Crippen LogP contribution in [0.3, 0.4) is 0 Å². The quantitative estimate of drug-likeness (QED) is 0.845. The number of phenolic OH excluding ortho intramolecular Hbond substituents is 1. The van der Waals surface area contributed by atoms with Gasteiger partial charge in [-0.05, 0) is 54.5 Å². The second-order valence-electron chi connectivity index (χ2n) is 6.12. The lowest BCUT2D eigenvalue weighted by Crippen LogP contribution is -2.11. The number of rotatable bonds is 6. The molecule has 3 N–H and O–H groups in total. The third-order valence-electron chi connectivity index (χ3n) is 3.86. The maximum atomic E-state index is 9.80. The Balaban J connectivity index is 2.66. The van der Waals surface area contributed by atoms with Crippen LogP contribution in [0, 0.1) is 5.92 Å². The molecule has 0 amide bonds. The number of nitrogens with two attached hydrogens (primary N) is 1. The minimum atomic E-state index is 0.293. The SMILES string of the molecule is CCCCc1c(CN)c(CC(C)C)nc2ccc(O)cc12. The van der Waals surface area contributed by atoms with Gasteiger partial charge in [0.15, 0.2) is 0 Å². The fourth-order valence-electron chi connectivity index (χ4n) is 2.85. The van der Waals surface area contributed by atoms with Crippen molar-refractivity contribution in [3.8, 4) is 5.75 Å². The van der Waals surface area contributed by atoms with Crippen molar-refractivity contribution in [1.29, 1.82) is 0 Å². The van der Waals surface area contributed by atoms with Crippen molar-refractivity contribution in [2.45, 2.75) is 53.0 Å². The van der Waals surface area contributed by atoms with E-state index in [0.717, 1.165) is 42.3 Å². The minimum absolute atomic E-state index is 0.293. The zero-order chi connectivity index (χ0) is 15.4. The number of pyridine rings is 1. The molecule has 0 radical (unpaired) electrons. The summed E-state index contributed by atoms with van der Waals surface area (Å²) >= 11 is 0. The zero-order valence-electron chi connectivity index (χ0n) is 13.3. The second-order valence-corrected chi connectivity index (χ2v) is 6.12. The number of unbranched alkanes of at least 4 members (excludes halogenated alkanes) is 1. The van der Waals surface area contributed by atoms with Crippen LogP contribution in [0.1, 0.15) is 50.4 Å². The number of hydrogen-bond acceptors (Lipinski definition) is 3. The predicted molar refractivity (Wildman–Crippen MR) is 88.5 cm³/mol. The van der Waals surface area contributed by atoms with E-state index < -0.39 is 0 Å². The Hall–Kier alpha value is -1.61. The lowest BCUT2D eigenvalue weighted by Gasteiger charge is -2.17. The molecule has 0 bridgehead atoms. The van der Waals surface area contributed by atoms with Gasteiger partial charge in [-0.3, -0.25) is 4.98 Å². The van der Waals surface area contributed by atoms with Gasteiger partial charge >= 0.3 is 0 Å².